The molecule has 0 aliphatic rings. The molecule has 1 atom stereocenters. The van der Waals surface area contributed by atoms with Gasteiger partial charge in [-0.1, -0.05) is 15.9 Å². The molecule has 0 saturated carbocycles. The Balaban J connectivity index is 0.00000196. The average molecular weight is 356 g/mol. The van der Waals surface area contributed by atoms with Crippen LogP contribution in [0.3, 0.4) is 0 Å². The third-order valence-electron chi connectivity index (χ3n) is 1.77. The zero-order chi connectivity index (χ0) is 10.7. The molecule has 0 aromatic heterocycles. The molecule has 0 fully saturated rings. The van der Waals surface area contributed by atoms with Gasteiger partial charge in [0.1, 0.15) is 5.75 Å². The standard InChI is InChI=1S/C9H8Br2N2O.ClH/c10-5-3-6(8(13)1-2-12)9(14)7(11)4-5;/h3-4,8,14H,1,13H2;1H/t8-;/m1./s1. The van der Waals surface area contributed by atoms with E-state index in [9.17, 15) is 5.11 Å². The highest BCUT2D eigenvalue weighted by Crippen LogP contribution is 2.35. The lowest BCUT2D eigenvalue weighted by Crippen LogP contribution is -2.09. The number of benzene rings is 1. The minimum absolute atomic E-state index is 0. The lowest BCUT2D eigenvalue weighted by Gasteiger charge is -2.11. The van der Waals surface area contributed by atoms with Gasteiger partial charge in [0.05, 0.1) is 17.0 Å². The second-order valence-electron chi connectivity index (χ2n) is 2.79. The predicted octanol–water partition coefficient (Wildman–Crippen LogP) is 3.25. The van der Waals surface area contributed by atoms with Gasteiger partial charge in [0.15, 0.2) is 0 Å². The third-order valence-corrected chi connectivity index (χ3v) is 2.83. The zero-order valence-electron chi connectivity index (χ0n) is 7.58. The number of phenols is 1. The number of nitrogens with zero attached hydrogens (tertiary/aromatic N) is 1. The van der Waals surface area contributed by atoms with Crippen LogP contribution < -0.4 is 5.73 Å². The van der Waals surface area contributed by atoms with Crippen LogP contribution in [-0.4, -0.2) is 5.11 Å². The van der Waals surface area contributed by atoms with Gasteiger partial charge in [-0.25, -0.2) is 0 Å². The number of halogens is 3. The first kappa shape index (κ1) is 14.7. The molecule has 1 aromatic rings. The second kappa shape index (κ2) is 6.33. The molecular formula is C9H9Br2ClN2O. The summed E-state index contributed by atoms with van der Waals surface area (Å²) in [5.74, 6) is 0.0935. The van der Waals surface area contributed by atoms with Gasteiger partial charge in [-0.3, -0.25) is 0 Å². The highest BCUT2D eigenvalue weighted by Gasteiger charge is 2.13. The van der Waals surface area contributed by atoms with E-state index in [4.69, 9.17) is 11.0 Å². The van der Waals surface area contributed by atoms with E-state index >= 15 is 0 Å². The van der Waals surface area contributed by atoms with E-state index in [2.05, 4.69) is 31.9 Å². The summed E-state index contributed by atoms with van der Waals surface area (Å²) in [6, 6.07) is 4.93. The first-order valence-electron chi connectivity index (χ1n) is 3.86. The van der Waals surface area contributed by atoms with E-state index in [1.54, 1.807) is 12.1 Å². The molecule has 0 bridgehead atoms. The Morgan fingerprint density at radius 3 is 2.60 bits per heavy atom. The van der Waals surface area contributed by atoms with Gasteiger partial charge in [0, 0.05) is 16.1 Å². The van der Waals surface area contributed by atoms with Crippen molar-refractivity contribution in [1.29, 1.82) is 5.26 Å². The van der Waals surface area contributed by atoms with Crippen LogP contribution in [-0.2, 0) is 0 Å². The summed E-state index contributed by atoms with van der Waals surface area (Å²) in [4.78, 5) is 0. The van der Waals surface area contributed by atoms with Gasteiger partial charge in [-0.15, -0.1) is 12.4 Å². The van der Waals surface area contributed by atoms with Gasteiger partial charge >= 0.3 is 0 Å². The SMILES string of the molecule is Cl.N#CC[C@@H](N)c1cc(Br)cc(Br)c1O. The normalized spacial score (nSPS) is 11.3. The molecule has 6 heteroatoms. The van der Waals surface area contributed by atoms with Crippen molar-refractivity contribution in [2.75, 3.05) is 0 Å². The Morgan fingerprint density at radius 1 is 1.47 bits per heavy atom. The molecule has 0 spiro atoms. The molecule has 0 aliphatic carbocycles. The van der Waals surface area contributed by atoms with Crippen LogP contribution in [0.25, 0.3) is 0 Å². The molecule has 15 heavy (non-hydrogen) atoms. The molecule has 0 unspecified atom stereocenters. The van der Waals surface area contributed by atoms with Gasteiger partial charge in [0.25, 0.3) is 0 Å². The van der Waals surface area contributed by atoms with Crippen LogP contribution in [0.1, 0.15) is 18.0 Å². The topological polar surface area (TPSA) is 70.0 Å². The largest absolute Gasteiger partial charge is 0.506 e. The van der Waals surface area contributed by atoms with Crippen molar-refractivity contribution >= 4 is 44.3 Å². The highest BCUT2D eigenvalue weighted by molar-refractivity contribution is 9.11. The van der Waals surface area contributed by atoms with Gasteiger partial charge in [-0.2, -0.15) is 5.26 Å². The summed E-state index contributed by atoms with van der Waals surface area (Å²) < 4.78 is 1.38. The summed E-state index contributed by atoms with van der Waals surface area (Å²) in [7, 11) is 0. The maximum atomic E-state index is 9.66. The molecule has 0 amide bonds. The van der Waals surface area contributed by atoms with Crippen molar-refractivity contribution in [2.24, 2.45) is 5.73 Å². The predicted molar refractivity (Wildman–Crippen MR) is 67.9 cm³/mol. The minimum Gasteiger partial charge on any atom is -0.506 e. The quantitative estimate of drug-likeness (QED) is 0.854. The fourth-order valence-electron chi connectivity index (χ4n) is 1.08. The van der Waals surface area contributed by atoms with Crippen molar-refractivity contribution in [3.63, 3.8) is 0 Å². The van der Waals surface area contributed by atoms with Crippen molar-refractivity contribution in [2.45, 2.75) is 12.5 Å². The Labute approximate surface area is 111 Å². The van der Waals surface area contributed by atoms with Crippen molar-refractivity contribution < 1.29 is 5.11 Å². The number of rotatable bonds is 2. The van der Waals surface area contributed by atoms with Crippen molar-refractivity contribution in [3.8, 4) is 11.8 Å². The molecule has 1 aromatic carbocycles. The number of aromatic hydroxyl groups is 1. The van der Waals surface area contributed by atoms with Gasteiger partial charge in [0.2, 0.25) is 0 Å². The third kappa shape index (κ3) is 3.65. The Bertz CT molecular complexity index is 392. The number of nitriles is 1. The van der Waals surface area contributed by atoms with Gasteiger partial charge in [-0.05, 0) is 28.1 Å². The number of hydrogen-bond donors (Lipinski definition) is 2. The molecular weight excluding hydrogens is 347 g/mol. The smallest absolute Gasteiger partial charge is 0.134 e. The minimum atomic E-state index is -0.464. The van der Waals surface area contributed by atoms with Crippen molar-refractivity contribution in [1.82, 2.24) is 0 Å². The van der Waals surface area contributed by atoms with E-state index in [0.717, 1.165) is 4.47 Å². The number of hydrogen-bond acceptors (Lipinski definition) is 3. The molecule has 3 nitrogen and oxygen atoms in total. The van der Waals surface area contributed by atoms with Crippen LogP contribution in [0.15, 0.2) is 21.1 Å². The van der Waals surface area contributed by atoms with Crippen LogP contribution in [0, 0.1) is 11.3 Å². The Morgan fingerprint density at radius 2 is 2.07 bits per heavy atom. The molecule has 0 heterocycles. The lowest BCUT2D eigenvalue weighted by atomic mass is 10.0. The van der Waals surface area contributed by atoms with E-state index in [-0.39, 0.29) is 24.6 Å². The summed E-state index contributed by atoms with van der Waals surface area (Å²) >= 11 is 6.48. The van der Waals surface area contributed by atoms with Crippen molar-refractivity contribution in [3.05, 3.63) is 26.6 Å². The van der Waals surface area contributed by atoms with E-state index < -0.39 is 6.04 Å². The first-order valence-corrected chi connectivity index (χ1v) is 5.45. The molecule has 82 valence electrons. The Kier molecular flexibility index (Phi) is 6.22. The summed E-state index contributed by atoms with van der Waals surface area (Å²) in [5.41, 5.74) is 6.28. The fraction of sp³-hybridized carbons (Fsp3) is 0.222. The monoisotopic (exact) mass is 354 g/mol. The number of nitrogens with two attached hydrogens (primary N) is 1. The van der Waals surface area contributed by atoms with E-state index in [1.807, 2.05) is 6.07 Å². The van der Waals surface area contributed by atoms with Crippen LogP contribution >= 0.6 is 44.3 Å². The average Bonchev–Trinajstić information content (AvgIpc) is 2.11. The molecule has 1 rings (SSSR count). The summed E-state index contributed by atoms with van der Waals surface area (Å²) in [6.45, 7) is 0. The molecule has 0 aliphatic heterocycles. The molecule has 3 N–H and O–H groups in total. The first-order chi connectivity index (χ1) is 6.56. The van der Waals surface area contributed by atoms with Crippen LogP contribution in [0.5, 0.6) is 5.75 Å². The maximum absolute atomic E-state index is 9.66. The summed E-state index contributed by atoms with van der Waals surface area (Å²) in [5, 5.41) is 18.2. The zero-order valence-corrected chi connectivity index (χ0v) is 11.6. The van der Waals surface area contributed by atoms with Crippen LogP contribution in [0.4, 0.5) is 0 Å². The van der Waals surface area contributed by atoms with Gasteiger partial charge < -0.3 is 10.8 Å². The van der Waals surface area contributed by atoms with E-state index in [0.29, 0.717) is 10.0 Å². The molecule has 0 radical (unpaired) electrons. The maximum Gasteiger partial charge on any atom is 0.134 e. The fourth-order valence-corrected chi connectivity index (χ4v) is 2.34. The Hall–Kier alpha value is -0.280. The summed E-state index contributed by atoms with van der Waals surface area (Å²) in [6.07, 6.45) is 0.177. The molecule has 0 saturated heterocycles. The highest BCUT2D eigenvalue weighted by atomic mass is 79.9. The number of phenolic OH excluding ortho intramolecular Hbond substituents is 1. The van der Waals surface area contributed by atoms with E-state index in [1.165, 1.54) is 0 Å². The van der Waals surface area contributed by atoms with Crippen LogP contribution in [0.2, 0.25) is 0 Å². The lowest BCUT2D eigenvalue weighted by molar-refractivity contribution is 0.458. The second-order valence-corrected chi connectivity index (χ2v) is 4.56.